The molecule has 0 saturated carbocycles. The Morgan fingerprint density at radius 2 is 1.24 bits per heavy atom. The minimum Gasteiger partial charge on any atom is -0.508 e. The van der Waals surface area contributed by atoms with Crippen LogP contribution in [0.5, 0.6) is 5.75 Å². The summed E-state index contributed by atoms with van der Waals surface area (Å²) in [6.07, 6.45) is 1.38. The van der Waals surface area contributed by atoms with Gasteiger partial charge in [0.15, 0.2) is 5.96 Å². The summed E-state index contributed by atoms with van der Waals surface area (Å²) in [5, 5.41) is 57.6. The average Bonchev–Trinajstić information content (AvgIpc) is 3.77. The molecule has 372 valence electrons. The Hall–Kier alpha value is -6.86. The first-order valence-electron chi connectivity index (χ1n) is 21.9. The topological polar surface area (TPSA) is 424 Å². The summed E-state index contributed by atoms with van der Waals surface area (Å²) in [5.41, 5.74) is 17.6. The number of nitrogens with one attached hydrogen (secondary N) is 10. The maximum Gasteiger partial charge on any atom is 0.305 e. The molecule has 67 heavy (non-hydrogen) atoms. The molecule has 1 aromatic carbocycles. The van der Waals surface area contributed by atoms with Crippen molar-refractivity contribution in [1.29, 1.82) is 5.41 Å². The number of aliphatic carboxylic acids is 1. The Morgan fingerprint density at radius 1 is 0.716 bits per heavy atom. The Morgan fingerprint density at radius 3 is 1.75 bits per heavy atom. The molecule has 25 nitrogen and oxygen atoms in total. The number of benzene rings is 1. The molecule has 0 aliphatic heterocycles. The van der Waals surface area contributed by atoms with Crippen LogP contribution in [-0.4, -0.2) is 147 Å². The van der Waals surface area contributed by atoms with E-state index in [4.69, 9.17) is 22.6 Å². The van der Waals surface area contributed by atoms with Crippen LogP contribution in [0.3, 0.4) is 0 Å². The van der Waals surface area contributed by atoms with Crippen LogP contribution >= 0.6 is 0 Å². The summed E-state index contributed by atoms with van der Waals surface area (Å²) in [4.78, 5) is 114. The Kier molecular flexibility index (Phi) is 24.3. The monoisotopic (exact) mass is 945 g/mol. The number of carboxylic acid groups (broad SMARTS) is 1. The molecule has 0 unspecified atom stereocenters. The van der Waals surface area contributed by atoms with Gasteiger partial charge in [-0.05, 0) is 82.7 Å². The highest BCUT2D eigenvalue weighted by molar-refractivity contribution is 5.98. The lowest BCUT2D eigenvalue weighted by molar-refractivity contribution is -0.141. The number of aromatic hydroxyl groups is 1. The number of carbonyl (C=O) groups excluding carboxylic acids is 7. The number of nitrogens with zero attached hydrogens (tertiary/aromatic N) is 1. The molecule has 1 aromatic heterocycles. The standard InChI is InChI=1S/C42H68N14O11/c1-22(2)16-30(38(64)53-29(35(44)61)18-25-20-48-21-50-25)54-37(63)28(9-7-15-49-42(45)46)52-39(65)31(17-24-10-12-26(58)13-11-24)55-36(62)27(8-5-6-14-43)51-40(66)32(19-33(59)60)56-41(67)34(47-4)23(3)57/h10-13,20-23,27-32,34,47,57-58H,5-9,14-19,43H2,1-4H3,(H2,44,61)(H,48,50)(H,51,66)(H,52,65)(H,53,64)(H,54,63)(H,55,62)(H,56,67)(H,59,60)(H4,45,46,49)/t23-,27+,28+,29+,30+,31+,32+,34+/m1/s1. The SMILES string of the molecule is CN[C@H](C(=O)N[C@@H](CC(=O)O)C(=O)N[C@@H](CCCCN)C(=O)N[C@@H](Cc1ccc(O)cc1)C(=O)N[C@@H](CCCNC(=N)N)C(=O)N[C@@H](CC(C)C)C(=O)N[C@@H](Cc1c[nH]cn1)C(N)=O)[C@@H](C)O. The number of rotatable bonds is 31. The van der Waals surface area contributed by atoms with Crippen molar-refractivity contribution in [2.75, 3.05) is 20.1 Å². The molecular formula is C42H68N14O11. The van der Waals surface area contributed by atoms with E-state index in [1.165, 1.54) is 50.8 Å². The lowest BCUT2D eigenvalue weighted by Crippen LogP contribution is -2.60. The lowest BCUT2D eigenvalue weighted by atomic mass is 10.0. The molecule has 19 N–H and O–H groups in total. The predicted molar refractivity (Wildman–Crippen MR) is 243 cm³/mol. The molecule has 25 heteroatoms. The van der Waals surface area contributed by atoms with Crippen molar-refractivity contribution in [3.05, 3.63) is 48.0 Å². The van der Waals surface area contributed by atoms with Gasteiger partial charge in [-0.1, -0.05) is 26.0 Å². The van der Waals surface area contributed by atoms with Gasteiger partial charge in [0.2, 0.25) is 41.4 Å². The van der Waals surface area contributed by atoms with E-state index in [0.29, 0.717) is 17.7 Å². The zero-order chi connectivity index (χ0) is 50.2. The number of H-pyrrole nitrogens is 1. The van der Waals surface area contributed by atoms with Gasteiger partial charge in [-0.15, -0.1) is 0 Å². The first-order chi connectivity index (χ1) is 31.6. The van der Waals surface area contributed by atoms with Crippen LogP contribution in [0.25, 0.3) is 0 Å². The third kappa shape index (κ3) is 20.9. The number of phenols is 1. The van der Waals surface area contributed by atoms with Crippen molar-refractivity contribution >= 4 is 53.3 Å². The first kappa shape index (κ1) is 56.3. The number of aliphatic hydroxyl groups is 1. The Bertz CT molecular complexity index is 1950. The van der Waals surface area contributed by atoms with Gasteiger partial charge in [-0.2, -0.15) is 0 Å². The summed E-state index contributed by atoms with van der Waals surface area (Å²) in [6.45, 7) is 5.24. The van der Waals surface area contributed by atoms with Crippen LogP contribution in [0, 0.1) is 11.3 Å². The van der Waals surface area contributed by atoms with Crippen LogP contribution in [0.4, 0.5) is 0 Å². The van der Waals surface area contributed by atoms with E-state index < -0.39 is 102 Å². The third-order valence-electron chi connectivity index (χ3n) is 10.3. The second kappa shape index (κ2) is 28.9. The van der Waals surface area contributed by atoms with Gasteiger partial charge in [0.05, 0.1) is 24.5 Å². The molecule has 0 spiro atoms. The fourth-order valence-electron chi connectivity index (χ4n) is 6.77. The number of guanidine groups is 1. The van der Waals surface area contributed by atoms with Crippen LogP contribution in [0.2, 0.25) is 0 Å². The number of unbranched alkanes of at least 4 members (excludes halogenated alkanes) is 1. The van der Waals surface area contributed by atoms with E-state index in [2.05, 4.69) is 52.5 Å². The molecule has 8 atom stereocenters. The smallest absolute Gasteiger partial charge is 0.305 e. The fourth-order valence-corrected chi connectivity index (χ4v) is 6.77. The number of aliphatic hydroxyl groups excluding tert-OH is 1. The number of likely N-dealkylation sites (N-methyl/N-ethyl adjacent to an activating group) is 1. The summed E-state index contributed by atoms with van der Waals surface area (Å²) in [5.74, 6) is -8.18. The maximum absolute atomic E-state index is 14.4. The van der Waals surface area contributed by atoms with E-state index in [1.807, 2.05) is 0 Å². The van der Waals surface area contributed by atoms with Crippen molar-refractivity contribution in [3.8, 4) is 5.75 Å². The quantitative estimate of drug-likeness (QED) is 0.0196. The minimum absolute atomic E-state index is 0.0407. The number of aromatic nitrogens is 2. The molecule has 0 aliphatic carbocycles. The molecule has 1 heterocycles. The molecule has 2 aromatic rings. The van der Waals surface area contributed by atoms with Crippen molar-refractivity contribution in [1.82, 2.24) is 52.5 Å². The van der Waals surface area contributed by atoms with Gasteiger partial charge < -0.3 is 80.0 Å². The first-order valence-corrected chi connectivity index (χ1v) is 21.9. The lowest BCUT2D eigenvalue weighted by Gasteiger charge is -2.28. The van der Waals surface area contributed by atoms with Gasteiger partial charge in [-0.25, -0.2) is 4.98 Å². The van der Waals surface area contributed by atoms with Gasteiger partial charge in [0, 0.05) is 25.6 Å². The van der Waals surface area contributed by atoms with Crippen molar-refractivity contribution in [3.63, 3.8) is 0 Å². The van der Waals surface area contributed by atoms with Crippen LogP contribution in [0.1, 0.15) is 77.0 Å². The molecule has 0 bridgehead atoms. The van der Waals surface area contributed by atoms with Crippen molar-refractivity contribution in [2.24, 2.45) is 23.1 Å². The third-order valence-corrected chi connectivity index (χ3v) is 10.3. The predicted octanol–water partition coefficient (Wildman–Crippen LogP) is -3.82. The highest BCUT2D eigenvalue weighted by Crippen LogP contribution is 2.14. The number of primary amides is 1. The van der Waals surface area contributed by atoms with Crippen LogP contribution < -0.4 is 59.7 Å². The Balaban J connectivity index is 2.50. The minimum atomic E-state index is -1.70. The van der Waals surface area contributed by atoms with E-state index >= 15 is 0 Å². The zero-order valence-corrected chi connectivity index (χ0v) is 38.2. The maximum atomic E-state index is 14.4. The average molecular weight is 945 g/mol. The highest BCUT2D eigenvalue weighted by atomic mass is 16.4. The van der Waals surface area contributed by atoms with E-state index in [-0.39, 0.29) is 75.7 Å². The molecule has 0 fully saturated rings. The number of phenolic OH excluding ortho intramolecular Hbond substituents is 1. The van der Waals surface area contributed by atoms with E-state index in [9.17, 15) is 53.7 Å². The molecule has 0 aliphatic rings. The second-order valence-corrected chi connectivity index (χ2v) is 16.4. The van der Waals surface area contributed by atoms with Gasteiger partial charge >= 0.3 is 5.97 Å². The second-order valence-electron chi connectivity index (χ2n) is 16.4. The number of hydrogen-bond acceptors (Lipinski definition) is 14. The summed E-state index contributed by atoms with van der Waals surface area (Å²) in [7, 11) is 1.38. The van der Waals surface area contributed by atoms with Gasteiger partial charge in [0.1, 0.15) is 48.0 Å². The number of imidazole rings is 1. The number of amides is 7. The normalized spacial score (nSPS) is 14.7. The zero-order valence-electron chi connectivity index (χ0n) is 38.2. The number of aromatic amines is 1. The fraction of sp³-hybridized carbons (Fsp3) is 0.571. The molecule has 2 rings (SSSR count). The highest BCUT2D eigenvalue weighted by Gasteiger charge is 2.35. The largest absolute Gasteiger partial charge is 0.508 e. The van der Waals surface area contributed by atoms with Crippen molar-refractivity contribution < 1.29 is 53.7 Å². The van der Waals surface area contributed by atoms with E-state index in [0.717, 1.165) is 0 Å². The van der Waals surface area contributed by atoms with Gasteiger partial charge in [0.25, 0.3) is 0 Å². The molecule has 0 radical (unpaired) electrons. The number of carboxylic acids is 1. The van der Waals surface area contributed by atoms with E-state index in [1.54, 1.807) is 13.8 Å². The Labute approximate surface area is 388 Å². The molecule has 7 amide bonds. The van der Waals surface area contributed by atoms with Gasteiger partial charge in [-0.3, -0.25) is 43.8 Å². The summed E-state index contributed by atoms with van der Waals surface area (Å²) >= 11 is 0. The number of hydrogen-bond donors (Lipinski definition) is 16. The van der Waals surface area contributed by atoms with Crippen molar-refractivity contribution in [2.45, 2.75) is 127 Å². The number of nitrogens with two attached hydrogens (primary N) is 3. The summed E-state index contributed by atoms with van der Waals surface area (Å²) < 4.78 is 0. The molecular weight excluding hydrogens is 877 g/mol. The summed E-state index contributed by atoms with van der Waals surface area (Å²) in [6, 6.07) is -3.89. The number of carbonyl (C=O) groups is 8. The van der Waals surface area contributed by atoms with Crippen LogP contribution in [-0.2, 0) is 51.2 Å². The van der Waals surface area contributed by atoms with Crippen LogP contribution in [0.15, 0.2) is 36.8 Å². The molecule has 0 saturated heterocycles.